The van der Waals surface area contributed by atoms with Gasteiger partial charge in [0.1, 0.15) is 0 Å². The Bertz CT molecular complexity index is 190. The van der Waals surface area contributed by atoms with Crippen molar-refractivity contribution in [1.29, 1.82) is 0 Å². The molecule has 0 saturated heterocycles. The Hall–Kier alpha value is 0.850. The molecule has 1 atom stereocenters. The summed E-state index contributed by atoms with van der Waals surface area (Å²) in [5.74, 6) is -0.211. The van der Waals surface area contributed by atoms with Gasteiger partial charge in [0.25, 0.3) is 0 Å². The van der Waals surface area contributed by atoms with Crippen LogP contribution in [-0.4, -0.2) is 47.9 Å². The van der Waals surface area contributed by atoms with Crippen LogP contribution in [0.3, 0.4) is 0 Å². The zero-order valence-electron chi connectivity index (χ0n) is 10.1. The second kappa shape index (κ2) is 13.3. The molecule has 0 bridgehead atoms. The summed E-state index contributed by atoms with van der Waals surface area (Å²) >= 11 is 4.53. The fourth-order valence-electron chi connectivity index (χ4n) is 1.29. The lowest BCUT2D eigenvalue weighted by Crippen LogP contribution is -2.20. The van der Waals surface area contributed by atoms with Crippen LogP contribution in [0.1, 0.15) is 19.3 Å². The Labute approximate surface area is 130 Å². The number of esters is 1. The monoisotopic (exact) mass is 470 g/mol. The second-order valence-corrected chi connectivity index (χ2v) is 5.56. The summed E-state index contributed by atoms with van der Waals surface area (Å²) in [5.41, 5.74) is 0. The summed E-state index contributed by atoms with van der Waals surface area (Å²) in [6.07, 6.45) is 2.05. The minimum atomic E-state index is -0.211. The molecule has 0 fully saturated rings. The SMILES string of the molecule is COC(=O)CC(CCCOCCI)OCCI. The fourth-order valence-corrected chi connectivity index (χ4v) is 1.86. The molecule has 0 aromatic rings. The van der Waals surface area contributed by atoms with Gasteiger partial charge in [-0.2, -0.15) is 0 Å². The van der Waals surface area contributed by atoms with Crippen LogP contribution in [0.15, 0.2) is 0 Å². The first-order valence-corrected chi connectivity index (χ1v) is 8.67. The van der Waals surface area contributed by atoms with Gasteiger partial charge in [-0.1, -0.05) is 45.2 Å². The van der Waals surface area contributed by atoms with Crippen molar-refractivity contribution >= 4 is 51.2 Å². The van der Waals surface area contributed by atoms with Crippen LogP contribution >= 0.6 is 45.2 Å². The van der Waals surface area contributed by atoms with Gasteiger partial charge < -0.3 is 14.2 Å². The molecule has 0 spiro atoms. The molecule has 4 nitrogen and oxygen atoms in total. The maximum Gasteiger partial charge on any atom is 0.308 e. The van der Waals surface area contributed by atoms with E-state index in [1.54, 1.807) is 0 Å². The van der Waals surface area contributed by atoms with Gasteiger partial charge in [-0.25, -0.2) is 0 Å². The Morgan fingerprint density at radius 1 is 1.18 bits per heavy atom. The molecule has 0 saturated carbocycles. The second-order valence-electron chi connectivity index (χ2n) is 3.41. The van der Waals surface area contributed by atoms with Gasteiger partial charge >= 0.3 is 5.97 Å². The number of carbonyl (C=O) groups excluding carboxylic acids is 1. The maximum atomic E-state index is 11.2. The number of halogens is 2. The molecule has 17 heavy (non-hydrogen) atoms. The van der Waals surface area contributed by atoms with E-state index in [1.165, 1.54) is 7.11 Å². The van der Waals surface area contributed by atoms with E-state index in [0.29, 0.717) is 13.0 Å². The highest BCUT2D eigenvalue weighted by Crippen LogP contribution is 2.09. The molecule has 0 aromatic heterocycles. The fraction of sp³-hybridized carbons (Fsp3) is 0.909. The molecule has 0 N–H and O–H groups in total. The summed E-state index contributed by atoms with van der Waals surface area (Å²) in [7, 11) is 1.40. The molecule has 102 valence electrons. The highest BCUT2D eigenvalue weighted by atomic mass is 127. The van der Waals surface area contributed by atoms with E-state index < -0.39 is 0 Å². The van der Waals surface area contributed by atoms with E-state index in [-0.39, 0.29) is 12.1 Å². The molecule has 0 aliphatic carbocycles. The predicted octanol–water partition coefficient (Wildman–Crippen LogP) is 2.60. The number of hydrogen-bond donors (Lipinski definition) is 0. The van der Waals surface area contributed by atoms with Gasteiger partial charge in [0, 0.05) is 15.5 Å². The Morgan fingerprint density at radius 2 is 1.88 bits per heavy atom. The number of ether oxygens (including phenoxy) is 3. The zero-order valence-corrected chi connectivity index (χ0v) is 14.4. The highest BCUT2D eigenvalue weighted by molar-refractivity contribution is 14.1. The van der Waals surface area contributed by atoms with Gasteiger partial charge in [-0.15, -0.1) is 0 Å². The Kier molecular flexibility index (Phi) is 13.9. The molecular weight excluding hydrogens is 450 g/mol. The molecular formula is C11H20I2O4. The van der Waals surface area contributed by atoms with Gasteiger partial charge in [-0.3, -0.25) is 4.79 Å². The van der Waals surface area contributed by atoms with E-state index in [9.17, 15) is 4.79 Å². The van der Waals surface area contributed by atoms with E-state index in [2.05, 4.69) is 49.9 Å². The summed E-state index contributed by atoms with van der Waals surface area (Å²) in [6, 6.07) is 0. The smallest absolute Gasteiger partial charge is 0.308 e. The van der Waals surface area contributed by atoms with Crippen LogP contribution in [-0.2, 0) is 19.0 Å². The standard InChI is InChI=1S/C11H20I2O4/c1-15-11(14)9-10(17-8-5-13)3-2-6-16-7-4-12/h10H,2-9H2,1H3. The molecule has 0 radical (unpaired) electrons. The zero-order chi connectivity index (χ0) is 12.9. The van der Waals surface area contributed by atoms with Crippen LogP contribution in [0, 0.1) is 0 Å². The van der Waals surface area contributed by atoms with Gasteiger partial charge in [0.05, 0.1) is 32.8 Å². The van der Waals surface area contributed by atoms with Crippen LogP contribution < -0.4 is 0 Å². The normalized spacial score (nSPS) is 12.4. The van der Waals surface area contributed by atoms with Gasteiger partial charge in [0.15, 0.2) is 0 Å². The summed E-state index contributed by atoms with van der Waals surface area (Å²) < 4.78 is 17.6. The quantitative estimate of drug-likeness (QED) is 0.202. The minimum absolute atomic E-state index is 0.0413. The van der Waals surface area contributed by atoms with Crippen LogP contribution in [0.5, 0.6) is 0 Å². The lowest BCUT2D eigenvalue weighted by Gasteiger charge is -2.16. The Balaban J connectivity index is 3.72. The van der Waals surface area contributed by atoms with Crippen molar-refractivity contribution in [1.82, 2.24) is 0 Å². The number of rotatable bonds is 11. The third-order valence-electron chi connectivity index (χ3n) is 2.09. The summed E-state index contributed by atoms with van der Waals surface area (Å²) in [4.78, 5) is 11.2. The molecule has 0 aliphatic heterocycles. The number of alkyl halides is 2. The number of hydrogen-bond acceptors (Lipinski definition) is 4. The van der Waals surface area contributed by atoms with Gasteiger partial charge in [-0.05, 0) is 12.8 Å². The van der Waals surface area contributed by atoms with Crippen LogP contribution in [0.4, 0.5) is 0 Å². The lowest BCUT2D eigenvalue weighted by molar-refractivity contribution is -0.143. The third kappa shape index (κ3) is 11.7. The average molecular weight is 470 g/mol. The lowest BCUT2D eigenvalue weighted by atomic mass is 10.1. The first-order chi connectivity index (χ1) is 8.24. The molecule has 0 amide bonds. The third-order valence-corrected chi connectivity index (χ3v) is 2.97. The van der Waals surface area contributed by atoms with E-state index in [0.717, 1.165) is 34.9 Å². The van der Waals surface area contributed by atoms with Crippen molar-refractivity contribution in [3.63, 3.8) is 0 Å². The minimum Gasteiger partial charge on any atom is -0.469 e. The topological polar surface area (TPSA) is 44.8 Å². The van der Waals surface area contributed by atoms with Crippen molar-refractivity contribution in [2.24, 2.45) is 0 Å². The molecule has 0 aromatic carbocycles. The van der Waals surface area contributed by atoms with E-state index in [4.69, 9.17) is 9.47 Å². The molecule has 0 aliphatic rings. The van der Waals surface area contributed by atoms with Crippen LogP contribution in [0.2, 0.25) is 0 Å². The molecule has 6 heteroatoms. The molecule has 0 rings (SSSR count). The maximum absolute atomic E-state index is 11.2. The highest BCUT2D eigenvalue weighted by Gasteiger charge is 2.14. The van der Waals surface area contributed by atoms with Crippen molar-refractivity contribution in [3.05, 3.63) is 0 Å². The van der Waals surface area contributed by atoms with Crippen molar-refractivity contribution < 1.29 is 19.0 Å². The van der Waals surface area contributed by atoms with Crippen LogP contribution in [0.25, 0.3) is 0 Å². The van der Waals surface area contributed by atoms with Crippen molar-refractivity contribution in [2.75, 3.05) is 35.8 Å². The molecule has 0 heterocycles. The number of carbonyl (C=O) groups is 1. The largest absolute Gasteiger partial charge is 0.469 e. The van der Waals surface area contributed by atoms with Crippen molar-refractivity contribution in [3.8, 4) is 0 Å². The number of methoxy groups -OCH3 is 1. The first kappa shape index (κ1) is 17.8. The van der Waals surface area contributed by atoms with E-state index in [1.807, 2.05) is 0 Å². The van der Waals surface area contributed by atoms with Crippen molar-refractivity contribution in [2.45, 2.75) is 25.4 Å². The van der Waals surface area contributed by atoms with E-state index >= 15 is 0 Å². The predicted molar refractivity (Wildman–Crippen MR) is 84.2 cm³/mol. The Morgan fingerprint density at radius 3 is 2.47 bits per heavy atom. The van der Waals surface area contributed by atoms with Gasteiger partial charge in [0.2, 0.25) is 0 Å². The summed E-state index contributed by atoms with van der Waals surface area (Å²) in [6.45, 7) is 2.20. The summed E-state index contributed by atoms with van der Waals surface area (Å²) in [5, 5.41) is 0. The molecule has 1 unspecified atom stereocenters. The average Bonchev–Trinajstić information content (AvgIpc) is 2.35. The first-order valence-electron chi connectivity index (χ1n) is 5.62.